The number of hydrogen-bond acceptors (Lipinski definition) is 10. The number of nitrogens with one attached hydrogen (secondary N) is 1. The Morgan fingerprint density at radius 3 is 2.50 bits per heavy atom. The topological polar surface area (TPSA) is 143 Å². The molecule has 1 N–H and O–H groups in total. The van der Waals surface area contributed by atoms with Crippen LogP contribution in [0.15, 0.2) is 46.7 Å². The predicted molar refractivity (Wildman–Crippen MR) is 146 cm³/mol. The summed E-state index contributed by atoms with van der Waals surface area (Å²) in [5, 5.41) is 6.52. The lowest BCUT2D eigenvalue weighted by Crippen LogP contribution is -2.53. The average molecular weight is 571 g/mol. The van der Waals surface area contributed by atoms with Gasteiger partial charge >= 0.3 is 0 Å². The molecule has 1 saturated carbocycles. The van der Waals surface area contributed by atoms with E-state index in [9.17, 15) is 18.0 Å². The molecule has 214 valence electrons. The van der Waals surface area contributed by atoms with Crippen molar-refractivity contribution >= 4 is 33.2 Å². The Bertz CT molecular complexity index is 1350. The van der Waals surface area contributed by atoms with E-state index in [0.717, 1.165) is 18.8 Å². The molecule has 0 unspecified atom stereocenters. The van der Waals surface area contributed by atoms with Crippen molar-refractivity contribution in [1.29, 1.82) is 0 Å². The van der Waals surface area contributed by atoms with Gasteiger partial charge in [-0.15, -0.1) is 0 Å². The number of sulfone groups is 1. The fourth-order valence-electron chi connectivity index (χ4n) is 4.87. The van der Waals surface area contributed by atoms with Crippen molar-refractivity contribution in [2.45, 2.75) is 61.9 Å². The summed E-state index contributed by atoms with van der Waals surface area (Å²) in [6.07, 6.45) is 4.83. The summed E-state index contributed by atoms with van der Waals surface area (Å²) >= 11 is 0. The summed E-state index contributed by atoms with van der Waals surface area (Å²) in [5.41, 5.74) is 1.15. The van der Waals surface area contributed by atoms with Crippen LogP contribution in [0.2, 0.25) is 0 Å². The van der Waals surface area contributed by atoms with E-state index >= 15 is 0 Å². The molecule has 2 aliphatic heterocycles. The van der Waals surface area contributed by atoms with Crippen LogP contribution in [0.5, 0.6) is 0 Å². The molecule has 2 saturated heterocycles. The lowest BCUT2D eigenvalue weighted by Gasteiger charge is -2.39. The molecule has 1 aliphatic carbocycles. The fraction of sp³-hybridized carbons (Fsp3) is 0.519. The van der Waals surface area contributed by atoms with Gasteiger partial charge in [0.15, 0.2) is 27.5 Å². The highest BCUT2D eigenvalue weighted by Gasteiger charge is 2.37. The molecule has 2 amide bonds. The Kier molecular flexibility index (Phi) is 8.43. The van der Waals surface area contributed by atoms with Crippen LogP contribution in [0.25, 0.3) is 0 Å². The molecule has 12 nitrogen and oxygen atoms in total. The van der Waals surface area contributed by atoms with Gasteiger partial charge in [-0.2, -0.15) is 0 Å². The van der Waals surface area contributed by atoms with Gasteiger partial charge in [0.2, 0.25) is 5.91 Å². The Labute approximate surface area is 233 Å². The Balaban J connectivity index is 1.26. The second-order valence-electron chi connectivity index (χ2n) is 10.4. The number of rotatable bonds is 9. The van der Waals surface area contributed by atoms with Crippen LogP contribution in [0.3, 0.4) is 0 Å². The van der Waals surface area contributed by atoms with E-state index in [4.69, 9.17) is 9.57 Å². The maximum absolute atomic E-state index is 13.3. The first-order chi connectivity index (χ1) is 19.2. The molecular weight excluding hydrogens is 536 g/mol. The molecule has 2 atom stereocenters. The quantitative estimate of drug-likeness (QED) is 0.351. The summed E-state index contributed by atoms with van der Waals surface area (Å²) in [6.45, 7) is 7.29. The summed E-state index contributed by atoms with van der Waals surface area (Å²) < 4.78 is 30.5. The van der Waals surface area contributed by atoms with Crippen LogP contribution < -0.4 is 5.32 Å². The van der Waals surface area contributed by atoms with Gasteiger partial charge in [-0.05, 0) is 31.9 Å². The molecular formula is C27H34N6O6S. The molecule has 40 heavy (non-hydrogen) atoms. The first-order valence-corrected chi connectivity index (χ1v) is 15.0. The largest absolute Gasteiger partial charge is 0.389 e. The van der Waals surface area contributed by atoms with Gasteiger partial charge in [0.1, 0.15) is 0 Å². The molecule has 0 bridgehead atoms. The minimum atomic E-state index is -3.35. The Hall–Kier alpha value is -3.42. The van der Waals surface area contributed by atoms with Gasteiger partial charge in [-0.25, -0.2) is 13.4 Å². The molecule has 1 aromatic carbocycles. The number of benzene rings is 1. The van der Waals surface area contributed by atoms with Gasteiger partial charge in [0, 0.05) is 51.1 Å². The summed E-state index contributed by atoms with van der Waals surface area (Å²) in [7, 11) is -3.35. The molecule has 13 heteroatoms. The van der Waals surface area contributed by atoms with Gasteiger partial charge in [-0.1, -0.05) is 17.3 Å². The van der Waals surface area contributed by atoms with Crippen molar-refractivity contribution in [2.24, 2.45) is 5.16 Å². The van der Waals surface area contributed by atoms with Crippen molar-refractivity contribution in [1.82, 2.24) is 19.8 Å². The third-order valence-electron chi connectivity index (χ3n) is 7.26. The first-order valence-electron chi connectivity index (χ1n) is 13.5. The zero-order chi connectivity index (χ0) is 28.3. The number of amides is 2. The predicted octanol–water partition coefficient (Wildman–Crippen LogP) is 1.61. The number of nitrogens with zero attached hydrogens (tertiary/aromatic N) is 5. The SMILES string of the molecule is CC(=O)N1CCN(Cc2cnc(NC(=O)/C(=N/O[C@@H]3CCOC3)c3ccc(S(=O)(=O)C4CC4)cc3)cn2)C[C@@H]1C. The van der Waals surface area contributed by atoms with Crippen molar-refractivity contribution in [3.05, 3.63) is 47.9 Å². The Morgan fingerprint density at radius 1 is 1.12 bits per heavy atom. The van der Waals surface area contributed by atoms with E-state index in [1.165, 1.54) is 18.3 Å². The minimum absolute atomic E-state index is 0.00882. The van der Waals surface area contributed by atoms with Crippen LogP contribution in [0.1, 0.15) is 44.4 Å². The van der Waals surface area contributed by atoms with E-state index < -0.39 is 15.7 Å². The van der Waals surface area contributed by atoms with Crippen molar-refractivity contribution in [3.8, 4) is 0 Å². The number of carbonyl (C=O) groups excluding carboxylic acids is 2. The zero-order valence-corrected chi connectivity index (χ0v) is 23.5. The van der Waals surface area contributed by atoms with Crippen LogP contribution in [-0.4, -0.2) is 96.0 Å². The molecule has 0 radical (unpaired) electrons. The first kappa shape index (κ1) is 28.1. The fourth-order valence-corrected chi connectivity index (χ4v) is 6.53. The van der Waals surface area contributed by atoms with E-state index in [-0.39, 0.29) is 39.7 Å². The molecule has 3 aliphatic rings. The van der Waals surface area contributed by atoms with Crippen LogP contribution in [0, 0.1) is 0 Å². The van der Waals surface area contributed by atoms with Gasteiger partial charge < -0.3 is 19.8 Å². The zero-order valence-electron chi connectivity index (χ0n) is 22.7. The van der Waals surface area contributed by atoms with Gasteiger partial charge in [0.25, 0.3) is 5.91 Å². The van der Waals surface area contributed by atoms with Crippen molar-refractivity contribution in [2.75, 3.05) is 38.2 Å². The van der Waals surface area contributed by atoms with Crippen LogP contribution in [-0.2, 0) is 35.5 Å². The van der Waals surface area contributed by atoms with Crippen molar-refractivity contribution < 1.29 is 27.6 Å². The molecule has 5 rings (SSSR count). The standard InChI is InChI=1S/C27H34N6O6S/c1-18-15-32(10-11-33(18)19(2)34)16-21-13-29-25(14-28-21)30-27(35)26(31-39-22-9-12-38-17-22)20-3-5-23(6-4-20)40(36,37)24-7-8-24/h3-6,13-14,18,22,24H,7-12,15-17H2,1-2H3,(H,29,30,35)/b31-26+/t18-,22+/m0/s1. The average Bonchev–Trinajstić information content (AvgIpc) is 3.67. The number of carbonyl (C=O) groups is 2. The Morgan fingerprint density at radius 2 is 1.90 bits per heavy atom. The van der Waals surface area contributed by atoms with E-state index in [2.05, 4.69) is 25.3 Å². The summed E-state index contributed by atoms with van der Waals surface area (Å²) in [4.78, 5) is 43.7. The lowest BCUT2D eigenvalue weighted by molar-refractivity contribution is -0.133. The van der Waals surface area contributed by atoms with Crippen LogP contribution >= 0.6 is 0 Å². The van der Waals surface area contributed by atoms with Crippen LogP contribution in [0.4, 0.5) is 5.82 Å². The normalized spacial score (nSPS) is 22.2. The van der Waals surface area contributed by atoms with Gasteiger partial charge in [-0.3, -0.25) is 19.5 Å². The van der Waals surface area contributed by atoms with Crippen molar-refractivity contribution in [3.63, 3.8) is 0 Å². The smallest absolute Gasteiger partial charge is 0.279 e. The summed E-state index contributed by atoms with van der Waals surface area (Å²) in [6, 6.07) is 6.23. The number of oxime groups is 1. The maximum Gasteiger partial charge on any atom is 0.279 e. The second kappa shape index (κ2) is 12.0. The highest BCUT2D eigenvalue weighted by Crippen LogP contribution is 2.33. The monoisotopic (exact) mass is 570 g/mol. The number of piperazine rings is 1. The van der Waals surface area contributed by atoms with E-state index in [1.54, 1.807) is 25.3 Å². The maximum atomic E-state index is 13.3. The molecule has 3 heterocycles. The third-order valence-corrected chi connectivity index (χ3v) is 9.54. The lowest BCUT2D eigenvalue weighted by atomic mass is 10.1. The molecule has 2 aromatic rings. The van der Waals surface area contributed by atoms with E-state index in [0.29, 0.717) is 51.1 Å². The minimum Gasteiger partial charge on any atom is -0.389 e. The highest BCUT2D eigenvalue weighted by molar-refractivity contribution is 7.92. The third kappa shape index (κ3) is 6.65. The van der Waals surface area contributed by atoms with E-state index in [1.807, 2.05) is 11.8 Å². The number of hydrogen-bond donors (Lipinski definition) is 1. The summed E-state index contributed by atoms with van der Waals surface area (Å²) in [5.74, 6) is -0.238. The number of ether oxygens (including phenoxy) is 1. The van der Waals surface area contributed by atoms with Gasteiger partial charge in [0.05, 0.1) is 41.4 Å². The molecule has 3 fully saturated rings. The highest BCUT2D eigenvalue weighted by atomic mass is 32.2. The number of aromatic nitrogens is 2. The molecule has 0 spiro atoms. The molecule has 1 aromatic heterocycles. The number of anilines is 1. The second-order valence-corrected chi connectivity index (χ2v) is 12.7.